The summed E-state index contributed by atoms with van der Waals surface area (Å²) < 4.78 is 0. The predicted molar refractivity (Wildman–Crippen MR) is 135 cm³/mol. The number of aromatic nitrogens is 5. The molecule has 1 unspecified atom stereocenters. The van der Waals surface area contributed by atoms with Crippen LogP contribution in [0, 0.1) is 6.92 Å². The fourth-order valence-corrected chi connectivity index (χ4v) is 4.97. The molecule has 0 bridgehead atoms. The summed E-state index contributed by atoms with van der Waals surface area (Å²) in [5.74, 6) is 0. The molecule has 0 spiro atoms. The van der Waals surface area contributed by atoms with Gasteiger partial charge in [0.15, 0.2) is 5.65 Å². The zero-order chi connectivity index (χ0) is 23.1. The van der Waals surface area contributed by atoms with E-state index in [2.05, 4.69) is 65.9 Å². The molecule has 0 aliphatic carbocycles. The molecule has 9 nitrogen and oxygen atoms in total. The van der Waals surface area contributed by atoms with Crippen LogP contribution in [-0.4, -0.2) is 44.8 Å². The molecule has 4 N–H and O–H groups in total. The van der Waals surface area contributed by atoms with Gasteiger partial charge in [-0.15, -0.1) is 0 Å². The lowest BCUT2D eigenvalue weighted by Gasteiger charge is -2.20. The predicted octanol–water partition coefficient (Wildman–Crippen LogP) is 3.97. The van der Waals surface area contributed by atoms with Crippen molar-refractivity contribution in [3.8, 4) is 11.1 Å². The summed E-state index contributed by atoms with van der Waals surface area (Å²) in [6.45, 7) is 8.13. The maximum atomic E-state index is 4.65. The summed E-state index contributed by atoms with van der Waals surface area (Å²) >= 11 is 0. The number of aromatic amines is 1. The monoisotopic (exact) mass is 455 g/mol. The van der Waals surface area contributed by atoms with Gasteiger partial charge in [0.05, 0.1) is 35.1 Å². The van der Waals surface area contributed by atoms with Crippen molar-refractivity contribution in [2.24, 2.45) is 0 Å². The number of rotatable bonds is 6. The standard InChI is InChI=1S/C25H29N9/c1-3-26-9-17-10-27-12-19(15(17)2)16-8-18-22(32-33-24(18)29-11-16)25-30-20-13-28-14-21(23(20)31-25)34-6-4-5-7-34/h8,10-14,25-26,30-31H,3-7,9H2,1-2H3,(H,29,32,33). The highest BCUT2D eigenvalue weighted by atomic mass is 15.3. The number of hydrogen-bond acceptors (Lipinski definition) is 8. The topological polar surface area (TPSA) is 107 Å². The SMILES string of the molecule is CCNCc1cncc(-c2cnc3n[nH]c(C4Nc5cncc(N6CCCC6)c5N4)c3c2)c1C. The van der Waals surface area contributed by atoms with Crippen LogP contribution in [0.4, 0.5) is 17.1 Å². The van der Waals surface area contributed by atoms with Gasteiger partial charge in [-0.05, 0) is 43.5 Å². The maximum absolute atomic E-state index is 4.65. The highest BCUT2D eigenvalue weighted by Crippen LogP contribution is 2.43. The van der Waals surface area contributed by atoms with Gasteiger partial charge in [0.1, 0.15) is 6.17 Å². The number of anilines is 3. The molecule has 0 radical (unpaired) electrons. The van der Waals surface area contributed by atoms with E-state index >= 15 is 0 Å². The van der Waals surface area contributed by atoms with Crippen LogP contribution >= 0.6 is 0 Å². The summed E-state index contributed by atoms with van der Waals surface area (Å²) in [4.78, 5) is 16.0. The molecule has 6 rings (SSSR count). The normalized spacial score (nSPS) is 17.1. The van der Waals surface area contributed by atoms with Crippen molar-refractivity contribution in [1.29, 1.82) is 0 Å². The van der Waals surface area contributed by atoms with Gasteiger partial charge in [-0.2, -0.15) is 5.10 Å². The van der Waals surface area contributed by atoms with E-state index in [9.17, 15) is 0 Å². The number of H-pyrrole nitrogens is 1. The third kappa shape index (κ3) is 3.52. The largest absolute Gasteiger partial charge is 0.369 e. The fraction of sp³-hybridized carbons (Fsp3) is 0.360. The van der Waals surface area contributed by atoms with E-state index in [1.807, 2.05) is 31.0 Å². The number of hydrogen-bond donors (Lipinski definition) is 4. The van der Waals surface area contributed by atoms with Crippen LogP contribution in [-0.2, 0) is 6.54 Å². The van der Waals surface area contributed by atoms with Crippen LogP contribution in [0.15, 0.2) is 37.1 Å². The van der Waals surface area contributed by atoms with E-state index in [1.165, 1.54) is 24.0 Å². The first-order chi connectivity index (χ1) is 16.7. The van der Waals surface area contributed by atoms with Crippen molar-refractivity contribution in [3.05, 3.63) is 53.9 Å². The second-order valence-electron chi connectivity index (χ2n) is 8.98. The highest BCUT2D eigenvalue weighted by Gasteiger charge is 2.29. The molecule has 9 heteroatoms. The Morgan fingerprint density at radius 3 is 2.76 bits per heavy atom. The van der Waals surface area contributed by atoms with Gasteiger partial charge < -0.3 is 20.9 Å². The highest BCUT2D eigenvalue weighted by molar-refractivity contribution is 5.89. The maximum Gasteiger partial charge on any atom is 0.181 e. The Morgan fingerprint density at radius 1 is 1.06 bits per heavy atom. The van der Waals surface area contributed by atoms with Crippen molar-refractivity contribution >= 4 is 28.1 Å². The lowest BCUT2D eigenvalue weighted by Crippen LogP contribution is -2.19. The molecule has 0 aromatic carbocycles. The first kappa shape index (κ1) is 20.9. The summed E-state index contributed by atoms with van der Waals surface area (Å²) in [6, 6.07) is 2.16. The summed E-state index contributed by atoms with van der Waals surface area (Å²) in [5.41, 5.74) is 9.47. The van der Waals surface area contributed by atoms with Crippen LogP contribution in [0.1, 0.15) is 42.8 Å². The van der Waals surface area contributed by atoms with Crippen molar-refractivity contribution < 1.29 is 0 Å². The third-order valence-corrected chi connectivity index (χ3v) is 6.89. The molecule has 2 aliphatic heterocycles. The first-order valence-electron chi connectivity index (χ1n) is 12.0. The van der Waals surface area contributed by atoms with E-state index < -0.39 is 0 Å². The second-order valence-corrected chi connectivity index (χ2v) is 8.98. The van der Waals surface area contributed by atoms with Gasteiger partial charge in [-0.25, -0.2) is 4.98 Å². The van der Waals surface area contributed by atoms with Crippen LogP contribution in [0.3, 0.4) is 0 Å². The van der Waals surface area contributed by atoms with Crippen molar-refractivity contribution in [2.45, 2.75) is 39.4 Å². The summed E-state index contributed by atoms with van der Waals surface area (Å²) in [5, 5.41) is 19.3. The average molecular weight is 456 g/mol. The molecule has 34 heavy (non-hydrogen) atoms. The van der Waals surface area contributed by atoms with Crippen molar-refractivity contribution in [1.82, 2.24) is 30.5 Å². The second kappa shape index (κ2) is 8.57. The number of fused-ring (bicyclic) bond motifs is 2. The van der Waals surface area contributed by atoms with E-state index in [4.69, 9.17) is 0 Å². The van der Waals surface area contributed by atoms with E-state index in [1.54, 1.807) is 0 Å². The van der Waals surface area contributed by atoms with E-state index in [0.29, 0.717) is 5.65 Å². The zero-order valence-electron chi connectivity index (χ0n) is 19.5. The molecule has 4 aromatic heterocycles. The van der Waals surface area contributed by atoms with Gasteiger partial charge in [-0.3, -0.25) is 15.1 Å². The van der Waals surface area contributed by atoms with Crippen LogP contribution in [0.2, 0.25) is 0 Å². The van der Waals surface area contributed by atoms with Gasteiger partial charge in [0, 0.05) is 54.7 Å². The lowest BCUT2D eigenvalue weighted by molar-refractivity contribution is 0.721. The Morgan fingerprint density at radius 2 is 1.91 bits per heavy atom. The minimum atomic E-state index is -0.137. The molecule has 1 fully saturated rings. The first-order valence-corrected chi connectivity index (χ1v) is 12.0. The molecule has 0 saturated carbocycles. The molecular formula is C25H29N9. The van der Waals surface area contributed by atoms with Gasteiger partial charge in [0.2, 0.25) is 0 Å². The van der Waals surface area contributed by atoms with Crippen molar-refractivity contribution in [3.63, 3.8) is 0 Å². The molecule has 1 atom stereocenters. The smallest absolute Gasteiger partial charge is 0.181 e. The minimum absolute atomic E-state index is 0.137. The molecule has 2 aliphatic rings. The van der Waals surface area contributed by atoms with Crippen LogP contribution in [0.25, 0.3) is 22.2 Å². The van der Waals surface area contributed by atoms with Crippen molar-refractivity contribution in [2.75, 3.05) is 35.2 Å². The van der Waals surface area contributed by atoms with Crippen LogP contribution in [0.5, 0.6) is 0 Å². The summed E-state index contributed by atoms with van der Waals surface area (Å²) in [6.07, 6.45) is 11.9. The minimum Gasteiger partial charge on any atom is -0.369 e. The molecule has 0 amide bonds. The quantitative estimate of drug-likeness (QED) is 0.346. The number of pyridine rings is 3. The van der Waals surface area contributed by atoms with E-state index in [-0.39, 0.29) is 6.17 Å². The van der Waals surface area contributed by atoms with Gasteiger partial charge >= 0.3 is 0 Å². The number of nitrogens with one attached hydrogen (secondary N) is 4. The third-order valence-electron chi connectivity index (χ3n) is 6.89. The van der Waals surface area contributed by atoms with E-state index in [0.717, 1.165) is 65.4 Å². The zero-order valence-corrected chi connectivity index (χ0v) is 19.5. The molecule has 1 saturated heterocycles. The van der Waals surface area contributed by atoms with Gasteiger partial charge in [0.25, 0.3) is 0 Å². The average Bonchev–Trinajstić information content (AvgIpc) is 3.62. The molecular weight excluding hydrogens is 426 g/mol. The Balaban J connectivity index is 1.34. The van der Waals surface area contributed by atoms with Crippen LogP contribution < -0.4 is 20.9 Å². The Bertz CT molecular complexity index is 1340. The van der Waals surface area contributed by atoms with Gasteiger partial charge in [-0.1, -0.05) is 6.92 Å². The molecule has 6 heterocycles. The lowest BCUT2D eigenvalue weighted by atomic mass is 9.99. The Labute approximate surface area is 198 Å². The number of nitrogens with zero attached hydrogens (tertiary/aromatic N) is 5. The Hall–Kier alpha value is -3.72. The molecule has 174 valence electrons. The molecule has 4 aromatic rings. The Kier molecular flexibility index (Phi) is 5.26. The fourth-order valence-electron chi connectivity index (χ4n) is 4.97. The summed E-state index contributed by atoms with van der Waals surface area (Å²) in [7, 11) is 0.